The van der Waals surface area contributed by atoms with Gasteiger partial charge >= 0.3 is 0 Å². The SMILES string of the molecule is Cn1c(CC(=O)Nc2ccccc2)nnc1SCC(=O)Nc1cccc(Br)c1. The molecule has 28 heavy (non-hydrogen) atoms. The zero-order chi connectivity index (χ0) is 19.9. The quantitative estimate of drug-likeness (QED) is 0.527. The second-order valence-electron chi connectivity index (χ2n) is 5.90. The normalized spacial score (nSPS) is 10.5. The Balaban J connectivity index is 1.52. The highest BCUT2D eigenvalue weighted by Crippen LogP contribution is 2.19. The minimum atomic E-state index is -0.175. The third-order valence-electron chi connectivity index (χ3n) is 3.74. The van der Waals surface area contributed by atoms with Crippen LogP contribution < -0.4 is 10.6 Å². The highest BCUT2D eigenvalue weighted by molar-refractivity contribution is 9.10. The van der Waals surface area contributed by atoms with E-state index in [-0.39, 0.29) is 24.0 Å². The summed E-state index contributed by atoms with van der Waals surface area (Å²) in [5.74, 6) is 0.401. The lowest BCUT2D eigenvalue weighted by atomic mass is 10.3. The van der Waals surface area contributed by atoms with Gasteiger partial charge in [-0.2, -0.15) is 0 Å². The third-order valence-corrected chi connectivity index (χ3v) is 5.26. The van der Waals surface area contributed by atoms with Crippen molar-refractivity contribution in [1.82, 2.24) is 14.8 Å². The molecule has 9 heteroatoms. The Hall–Kier alpha value is -2.65. The second kappa shape index (κ2) is 9.52. The molecule has 7 nitrogen and oxygen atoms in total. The molecule has 0 aliphatic carbocycles. The molecule has 3 rings (SSSR count). The van der Waals surface area contributed by atoms with Gasteiger partial charge in [-0.05, 0) is 30.3 Å². The molecule has 0 radical (unpaired) electrons. The van der Waals surface area contributed by atoms with E-state index in [9.17, 15) is 9.59 Å². The number of rotatable bonds is 7. The summed E-state index contributed by atoms with van der Waals surface area (Å²) in [6.07, 6.45) is 0.100. The number of anilines is 2. The van der Waals surface area contributed by atoms with Crippen molar-refractivity contribution in [2.45, 2.75) is 11.6 Å². The van der Waals surface area contributed by atoms with Gasteiger partial charge in [0.15, 0.2) is 5.16 Å². The molecule has 0 saturated carbocycles. The maximum Gasteiger partial charge on any atom is 0.234 e. The number of nitrogens with zero attached hydrogens (tertiary/aromatic N) is 3. The Morgan fingerprint density at radius 3 is 2.46 bits per heavy atom. The number of nitrogens with one attached hydrogen (secondary N) is 2. The summed E-state index contributed by atoms with van der Waals surface area (Å²) < 4.78 is 2.62. The first kappa shape index (κ1) is 20.1. The van der Waals surface area contributed by atoms with Gasteiger partial charge in [0, 0.05) is 22.9 Å². The maximum atomic E-state index is 12.2. The molecule has 2 N–H and O–H groups in total. The Kier molecular flexibility index (Phi) is 6.83. The summed E-state index contributed by atoms with van der Waals surface area (Å²) in [5, 5.41) is 14.4. The first-order valence-electron chi connectivity index (χ1n) is 8.42. The molecule has 1 aromatic heterocycles. The lowest BCUT2D eigenvalue weighted by Crippen LogP contribution is -2.17. The van der Waals surface area contributed by atoms with Crippen molar-refractivity contribution in [2.75, 3.05) is 16.4 Å². The van der Waals surface area contributed by atoms with Gasteiger partial charge in [0.05, 0.1) is 12.2 Å². The van der Waals surface area contributed by atoms with Crippen LogP contribution >= 0.6 is 27.7 Å². The van der Waals surface area contributed by atoms with Gasteiger partial charge in [-0.1, -0.05) is 52.0 Å². The van der Waals surface area contributed by atoms with Crippen molar-refractivity contribution in [2.24, 2.45) is 7.05 Å². The van der Waals surface area contributed by atoms with Crippen LogP contribution in [-0.2, 0) is 23.1 Å². The van der Waals surface area contributed by atoms with Crippen LogP contribution in [0.2, 0.25) is 0 Å². The van der Waals surface area contributed by atoms with Crippen LogP contribution in [0.3, 0.4) is 0 Å². The van der Waals surface area contributed by atoms with Crippen molar-refractivity contribution in [3.8, 4) is 0 Å². The van der Waals surface area contributed by atoms with Crippen molar-refractivity contribution in [3.05, 3.63) is 64.9 Å². The topological polar surface area (TPSA) is 88.9 Å². The van der Waals surface area contributed by atoms with Crippen LogP contribution in [0.15, 0.2) is 64.2 Å². The number of para-hydroxylation sites is 1. The Labute approximate surface area is 175 Å². The average molecular weight is 460 g/mol. The Morgan fingerprint density at radius 2 is 1.71 bits per heavy atom. The molecule has 3 aromatic rings. The number of benzene rings is 2. The first-order valence-corrected chi connectivity index (χ1v) is 10.2. The van der Waals surface area contributed by atoms with E-state index in [1.807, 2.05) is 54.6 Å². The predicted octanol–water partition coefficient (Wildman–Crippen LogP) is 3.49. The molecular weight excluding hydrogens is 442 g/mol. The summed E-state index contributed by atoms with van der Waals surface area (Å²) >= 11 is 4.63. The van der Waals surface area contributed by atoms with Crippen molar-refractivity contribution in [3.63, 3.8) is 0 Å². The Bertz CT molecular complexity index is 977. The molecule has 0 bridgehead atoms. The molecule has 2 aromatic carbocycles. The van der Waals surface area contributed by atoms with Gasteiger partial charge in [-0.15, -0.1) is 10.2 Å². The minimum Gasteiger partial charge on any atom is -0.326 e. The zero-order valence-corrected chi connectivity index (χ0v) is 17.5. The lowest BCUT2D eigenvalue weighted by Gasteiger charge is -2.06. The van der Waals surface area contributed by atoms with Crippen molar-refractivity contribution in [1.29, 1.82) is 0 Å². The monoisotopic (exact) mass is 459 g/mol. The van der Waals surface area contributed by atoms with E-state index in [1.165, 1.54) is 11.8 Å². The van der Waals surface area contributed by atoms with Crippen LogP contribution in [0.5, 0.6) is 0 Å². The molecule has 0 spiro atoms. The van der Waals surface area contributed by atoms with Crippen molar-refractivity contribution < 1.29 is 9.59 Å². The number of hydrogen-bond donors (Lipinski definition) is 2. The van der Waals surface area contributed by atoms with Gasteiger partial charge in [0.1, 0.15) is 5.82 Å². The fourth-order valence-electron chi connectivity index (χ4n) is 2.39. The summed E-state index contributed by atoms with van der Waals surface area (Å²) in [5.41, 5.74) is 1.45. The standard InChI is InChI=1S/C19H18BrN5O2S/c1-25-16(11-17(26)21-14-7-3-2-4-8-14)23-24-19(25)28-12-18(27)22-15-9-5-6-13(20)10-15/h2-10H,11-12H2,1H3,(H,21,26)(H,22,27). The first-order chi connectivity index (χ1) is 13.5. The number of carbonyl (C=O) groups excluding carboxylic acids is 2. The second-order valence-corrected chi connectivity index (χ2v) is 7.75. The average Bonchev–Trinajstić information content (AvgIpc) is 3.00. The lowest BCUT2D eigenvalue weighted by molar-refractivity contribution is -0.116. The smallest absolute Gasteiger partial charge is 0.234 e. The van der Waals surface area contributed by atoms with Crippen LogP contribution in [0.1, 0.15) is 5.82 Å². The fourth-order valence-corrected chi connectivity index (χ4v) is 3.52. The van der Waals surface area contributed by atoms with Gasteiger partial charge in [-0.3, -0.25) is 9.59 Å². The van der Waals surface area contributed by atoms with E-state index in [4.69, 9.17) is 0 Å². The molecule has 0 fully saturated rings. The summed E-state index contributed by atoms with van der Waals surface area (Å²) in [7, 11) is 1.78. The summed E-state index contributed by atoms with van der Waals surface area (Å²) in [6.45, 7) is 0. The van der Waals surface area contributed by atoms with E-state index >= 15 is 0 Å². The van der Waals surface area contributed by atoms with E-state index in [1.54, 1.807) is 11.6 Å². The fraction of sp³-hybridized carbons (Fsp3) is 0.158. The van der Waals surface area contributed by atoms with Gasteiger partial charge in [0.2, 0.25) is 11.8 Å². The number of halogens is 1. The summed E-state index contributed by atoms with van der Waals surface area (Å²) in [4.78, 5) is 24.3. The molecule has 0 saturated heterocycles. The molecule has 144 valence electrons. The maximum absolute atomic E-state index is 12.2. The highest BCUT2D eigenvalue weighted by Gasteiger charge is 2.14. The third kappa shape index (κ3) is 5.67. The molecule has 0 aliphatic heterocycles. The number of hydrogen-bond acceptors (Lipinski definition) is 5. The van der Waals surface area contributed by atoms with Crippen LogP contribution in [-0.4, -0.2) is 32.3 Å². The molecular formula is C19H18BrN5O2S. The van der Waals surface area contributed by atoms with Crippen LogP contribution in [0.4, 0.5) is 11.4 Å². The van der Waals surface area contributed by atoms with Crippen LogP contribution in [0, 0.1) is 0 Å². The Morgan fingerprint density at radius 1 is 1.00 bits per heavy atom. The largest absolute Gasteiger partial charge is 0.326 e. The number of amides is 2. The van der Waals surface area contributed by atoms with E-state index in [0.717, 1.165) is 15.8 Å². The number of aromatic nitrogens is 3. The molecule has 0 unspecified atom stereocenters. The molecule has 1 heterocycles. The number of carbonyl (C=O) groups is 2. The number of thioether (sulfide) groups is 1. The van der Waals surface area contributed by atoms with Gasteiger partial charge in [0.25, 0.3) is 0 Å². The highest BCUT2D eigenvalue weighted by atomic mass is 79.9. The van der Waals surface area contributed by atoms with Crippen LogP contribution in [0.25, 0.3) is 0 Å². The van der Waals surface area contributed by atoms with E-state index < -0.39 is 0 Å². The summed E-state index contributed by atoms with van der Waals surface area (Å²) in [6, 6.07) is 16.6. The molecule has 0 aliphatic rings. The molecule has 2 amide bonds. The van der Waals surface area contributed by atoms with E-state index in [2.05, 4.69) is 36.8 Å². The zero-order valence-electron chi connectivity index (χ0n) is 15.1. The molecule has 0 atom stereocenters. The predicted molar refractivity (Wildman–Crippen MR) is 113 cm³/mol. The van der Waals surface area contributed by atoms with Gasteiger partial charge in [-0.25, -0.2) is 0 Å². The van der Waals surface area contributed by atoms with Crippen molar-refractivity contribution >= 4 is 50.9 Å². The minimum absolute atomic E-state index is 0.100. The van der Waals surface area contributed by atoms with E-state index in [0.29, 0.717) is 11.0 Å². The van der Waals surface area contributed by atoms with Gasteiger partial charge < -0.3 is 15.2 Å².